The summed E-state index contributed by atoms with van der Waals surface area (Å²) in [6.07, 6.45) is 1.73. The molecule has 4 rings (SSSR count). The number of rotatable bonds is 3. The van der Waals surface area contributed by atoms with E-state index in [1.54, 1.807) is 16.4 Å². The summed E-state index contributed by atoms with van der Waals surface area (Å²) in [4.78, 5) is 4.35. The number of nitrogens with zero attached hydrogens (tertiary/aromatic N) is 4. The minimum absolute atomic E-state index is 0.603. The molecule has 0 fully saturated rings. The van der Waals surface area contributed by atoms with Crippen molar-refractivity contribution in [3.63, 3.8) is 0 Å². The lowest BCUT2D eigenvalue weighted by Gasteiger charge is -2.28. The van der Waals surface area contributed by atoms with Crippen LogP contribution in [0.3, 0.4) is 0 Å². The highest BCUT2D eigenvalue weighted by Gasteiger charge is 2.28. The lowest BCUT2D eigenvalue weighted by atomic mass is 10.3. The van der Waals surface area contributed by atoms with Crippen molar-refractivity contribution < 1.29 is 0 Å². The summed E-state index contributed by atoms with van der Waals surface area (Å²) in [6, 6.07) is 20.6. The van der Waals surface area contributed by atoms with E-state index in [2.05, 4.69) is 15.5 Å². The van der Waals surface area contributed by atoms with Crippen molar-refractivity contribution in [2.75, 3.05) is 10.2 Å². The van der Waals surface area contributed by atoms with Crippen LogP contribution >= 0.6 is 23.2 Å². The van der Waals surface area contributed by atoms with Crippen molar-refractivity contribution in [2.24, 2.45) is 5.10 Å². The summed E-state index contributed by atoms with van der Waals surface area (Å²) in [5.41, 5.74) is 5.60. The maximum absolute atomic E-state index is 6.38. The molecule has 1 aliphatic rings. The summed E-state index contributed by atoms with van der Waals surface area (Å²) in [6.45, 7) is 0. The zero-order valence-corrected chi connectivity index (χ0v) is 14.5. The predicted molar refractivity (Wildman–Crippen MR) is 102 cm³/mol. The lowest BCUT2D eigenvalue weighted by molar-refractivity contribution is 0.770. The first-order chi connectivity index (χ1) is 12.2. The Morgan fingerprint density at radius 3 is 2.32 bits per heavy atom. The largest absolute Gasteiger partial charge is 0.257 e. The molecule has 5 nitrogen and oxygen atoms in total. The molecule has 0 radical (unpaired) electrons. The van der Waals surface area contributed by atoms with E-state index in [9.17, 15) is 0 Å². The number of halogens is 2. The summed E-state index contributed by atoms with van der Waals surface area (Å²) < 4.78 is 0. The first kappa shape index (κ1) is 15.7. The number of pyridine rings is 1. The minimum atomic E-state index is 0.603. The number of anilines is 2. The second-order valence-corrected chi connectivity index (χ2v) is 6.15. The van der Waals surface area contributed by atoms with Crippen molar-refractivity contribution >= 4 is 40.4 Å². The summed E-state index contributed by atoms with van der Waals surface area (Å²) in [7, 11) is 0. The highest BCUT2D eigenvalue weighted by atomic mass is 35.5. The zero-order valence-electron chi connectivity index (χ0n) is 13.0. The van der Waals surface area contributed by atoms with Gasteiger partial charge in [-0.1, -0.05) is 41.4 Å². The average molecular weight is 370 g/mol. The van der Waals surface area contributed by atoms with Gasteiger partial charge in [0.15, 0.2) is 5.84 Å². The van der Waals surface area contributed by atoms with E-state index in [-0.39, 0.29) is 0 Å². The molecule has 0 aliphatic carbocycles. The van der Waals surface area contributed by atoms with Crippen LogP contribution in [-0.4, -0.2) is 10.8 Å². The van der Waals surface area contributed by atoms with Crippen LogP contribution in [0.4, 0.5) is 11.4 Å². The topological polar surface area (TPSA) is 43.8 Å². The number of hydrogen-bond donors (Lipinski definition) is 1. The van der Waals surface area contributed by atoms with Crippen molar-refractivity contribution in [3.05, 3.63) is 88.7 Å². The van der Waals surface area contributed by atoms with Crippen molar-refractivity contribution in [3.8, 4) is 0 Å². The van der Waals surface area contributed by atoms with Crippen LogP contribution in [0.5, 0.6) is 0 Å². The van der Waals surface area contributed by atoms with Crippen LogP contribution in [0.15, 0.2) is 78.0 Å². The standard InChI is InChI=1S/C18H13Cl2N5/c19-13-8-10-14(11-9-13)24-22-18(16-6-3-4-12-21-16)23-25(24)17-7-2-1-5-15(17)20/h1-12H,(H,22,23). The SMILES string of the molecule is Clc1ccc(N2N=C(c3ccccn3)NN2c2ccccc2Cl)cc1. The molecule has 25 heavy (non-hydrogen) atoms. The fraction of sp³-hybridized carbons (Fsp3) is 0. The number of hydrogen-bond acceptors (Lipinski definition) is 5. The Bertz CT molecular complexity index is 912. The number of amidine groups is 1. The van der Waals surface area contributed by atoms with Crippen LogP contribution in [0.2, 0.25) is 10.0 Å². The van der Waals surface area contributed by atoms with Crippen molar-refractivity contribution in [2.45, 2.75) is 0 Å². The molecule has 0 amide bonds. The summed E-state index contributed by atoms with van der Waals surface area (Å²) in [5, 5.41) is 9.42. The summed E-state index contributed by atoms with van der Waals surface area (Å²) >= 11 is 12.4. The van der Waals surface area contributed by atoms with Gasteiger partial charge in [0.05, 0.1) is 10.7 Å². The summed E-state index contributed by atoms with van der Waals surface area (Å²) in [5.74, 6) is 0.621. The molecule has 0 saturated carbocycles. The first-order valence-electron chi connectivity index (χ1n) is 7.59. The van der Waals surface area contributed by atoms with Crippen LogP contribution in [0.1, 0.15) is 5.69 Å². The van der Waals surface area contributed by atoms with E-state index in [4.69, 9.17) is 23.2 Å². The molecule has 124 valence electrons. The molecule has 3 aromatic rings. The number of hydrazine groups is 2. The van der Waals surface area contributed by atoms with Gasteiger partial charge in [-0.05, 0) is 48.5 Å². The van der Waals surface area contributed by atoms with Gasteiger partial charge in [-0.3, -0.25) is 10.4 Å². The molecule has 0 bridgehead atoms. The van der Waals surface area contributed by atoms with Gasteiger partial charge in [0.2, 0.25) is 0 Å². The Balaban J connectivity index is 1.78. The highest BCUT2D eigenvalue weighted by molar-refractivity contribution is 6.33. The van der Waals surface area contributed by atoms with E-state index in [0.29, 0.717) is 15.9 Å². The van der Waals surface area contributed by atoms with Crippen LogP contribution in [0.25, 0.3) is 0 Å². The molecule has 0 unspecified atom stereocenters. The number of hydrazone groups is 1. The molecule has 1 N–H and O–H groups in total. The second kappa shape index (κ2) is 6.63. The van der Waals surface area contributed by atoms with E-state index >= 15 is 0 Å². The molecule has 1 aromatic heterocycles. The third kappa shape index (κ3) is 3.12. The Morgan fingerprint density at radius 2 is 1.60 bits per heavy atom. The minimum Gasteiger partial charge on any atom is -0.257 e. The lowest BCUT2D eigenvalue weighted by Crippen LogP contribution is -2.45. The van der Waals surface area contributed by atoms with Crippen molar-refractivity contribution in [1.82, 2.24) is 10.4 Å². The van der Waals surface area contributed by atoms with Gasteiger partial charge in [-0.15, -0.1) is 5.10 Å². The molecule has 2 aromatic carbocycles. The smallest absolute Gasteiger partial charge is 0.194 e. The number of aromatic nitrogens is 1. The molecular formula is C18H13Cl2N5. The highest BCUT2D eigenvalue weighted by Crippen LogP contribution is 2.31. The Morgan fingerprint density at radius 1 is 0.840 bits per heavy atom. The zero-order chi connectivity index (χ0) is 17.2. The van der Waals surface area contributed by atoms with Gasteiger partial charge in [0.25, 0.3) is 0 Å². The number of nitrogens with one attached hydrogen (secondary N) is 1. The maximum atomic E-state index is 6.38. The molecule has 0 spiro atoms. The van der Waals surface area contributed by atoms with Gasteiger partial charge in [0.1, 0.15) is 11.4 Å². The Hall–Kier alpha value is -2.76. The number of benzene rings is 2. The molecule has 0 saturated heterocycles. The van der Waals surface area contributed by atoms with E-state index in [1.807, 2.05) is 66.7 Å². The molecule has 0 atom stereocenters. The van der Waals surface area contributed by atoms with E-state index in [0.717, 1.165) is 17.1 Å². The molecular weight excluding hydrogens is 357 g/mol. The quantitative estimate of drug-likeness (QED) is 0.738. The Kier molecular flexibility index (Phi) is 4.17. The van der Waals surface area contributed by atoms with Crippen LogP contribution in [0, 0.1) is 0 Å². The molecule has 1 aliphatic heterocycles. The third-order valence-electron chi connectivity index (χ3n) is 3.64. The van der Waals surface area contributed by atoms with Crippen LogP contribution < -0.4 is 15.7 Å². The normalized spacial score (nSPS) is 13.6. The number of para-hydroxylation sites is 1. The first-order valence-corrected chi connectivity index (χ1v) is 8.35. The maximum Gasteiger partial charge on any atom is 0.194 e. The molecule has 7 heteroatoms. The van der Waals surface area contributed by atoms with E-state index < -0.39 is 0 Å². The fourth-order valence-corrected chi connectivity index (χ4v) is 2.80. The Labute approximate surface area is 155 Å². The monoisotopic (exact) mass is 369 g/mol. The van der Waals surface area contributed by atoms with Crippen molar-refractivity contribution in [1.29, 1.82) is 0 Å². The second-order valence-electron chi connectivity index (χ2n) is 5.30. The fourth-order valence-electron chi connectivity index (χ4n) is 2.45. The third-order valence-corrected chi connectivity index (χ3v) is 4.21. The van der Waals surface area contributed by atoms with Crippen LogP contribution in [-0.2, 0) is 0 Å². The van der Waals surface area contributed by atoms with Gasteiger partial charge in [-0.2, -0.15) is 10.2 Å². The van der Waals surface area contributed by atoms with Gasteiger partial charge >= 0.3 is 0 Å². The van der Waals surface area contributed by atoms with E-state index in [1.165, 1.54) is 0 Å². The average Bonchev–Trinajstić information content (AvgIpc) is 3.09. The molecule has 2 heterocycles. The van der Waals surface area contributed by atoms with Gasteiger partial charge < -0.3 is 0 Å². The van der Waals surface area contributed by atoms with Gasteiger partial charge in [-0.25, -0.2) is 0 Å². The van der Waals surface area contributed by atoms with Gasteiger partial charge in [0, 0.05) is 11.2 Å². The predicted octanol–water partition coefficient (Wildman–Crippen LogP) is 4.50.